The van der Waals surface area contributed by atoms with Crippen molar-refractivity contribution in [3.8, 4) is 5.75 Å². The van der Waals surface area contributed by atoms with Gasteiger partial charge in [0.05, 0.1) is 12.1 Å². The predicted octanol–water partition coefficient (Wildman–Crippen LogP) is 0.933. The second-order valence-corrected chi connectivity index (χ2v) is 3.51. The topological polar surface area (TPSA) is 67.4 Å². The maximum atomic E-state index is 11.7. The molecule has 2 N–H and O–H groups in total. The molecular weight excluding hydrogens is 220 g/mol. The Bertz CT molecular complexity index is 483. The molecule has 1 aromatic carbocycles. The van der Waals surface area contributed by atoms with Crippen LogP contribution in [0.5, 0.6) is 5.75 Å². The largest absolute Gasteiger partial charge is 0.491 e. The van der Waals surface area contributed by atoms with Gasteiger partial charge in [0.15, 0.2) is 0 Å². The first-order valence-electron chi connectivity index (χ1n) is 5.19. The van der Waals surface area contributed by atoms with E-state index in [1.54, 1.807) is 18.2 Å². The lowest BCUT2D eigenvalue weighted by Gasteiger charge is -2.08. The summed E-state index contributed by atoms with van der Waals surface area (Å²) in [7, 11) is 0. The molecule has 0 aliphatic carbocycles. The molecule has 2 amide bonds. The zero-order valence-electron chi connectivity index (χ0n) is 9.16. The Morgan fingerprint density at radius 1 is 1.53 bits per heavy atom. The molecule has 0 aromatic heterocycles. The highest BCUT2D eigenvalue weighted by Gasteiger charge is 2.16. The van der Waals surface area contributed by atoms with Gasteiger partial charge in [0.25, 0.3) is 5.91 Å². The first-order chi connectivity index (χ1) is 8.20. The van der Waals surface area contributed by atoms with Gasteiger partial charge in [0, 0.05) is 5.69 Å². The Morgan fingerprint density at radius 3 is 3.12 bits per heavy atom. The number of hydrogen-bond donors (Lipinski definition) is 2. The van der Waals surface area contributed by atoms with Crippen LogP contribution in [-0.2, 0) is 4.79 Å². The number of nitrogens with one attached hydrogen (secondary N) is 2. The zero-order valence-corrected chi connectivity index (χ0v) is 9.16. The lowest BCUT2D eigenvalue weighted by Crippen LogP contribution is -2.24. The number of benzene rings is 1. The van der Waals surface area contributed by atoms with Crippen molar-refractivity contribution < 1.29 is 14.3 Å². The number of ether oxygens (including phenoxy) is 1. The summed E-state index contributed by atoms with van der Waals surface area (Å²) in [5.74, 6) is 0.00343. The molecule has 17 heavy (non-hydrogen) atoms. The Labute approximate surface area is 98.5 Å². The van der Waals surface area contributed by atoms with Crippen molar-refractivity contribution in [2.45, 2.75) is 0 Å². The lowest BCUT2D eigenvalue weighted by molar-refractivity contribution is -0.111. The quantitative estimate of drug-likeness (QED) is 0.745. The van der Waals surface area contributed by atoms with Gasteiger partial charge < -0.3 is 15.4 Å². The minimum Gasteiger partial charge on any atom is -0.491 e. The molecule has 0 fully saturated rings. The fourth-order valence-corrected chi connectivity index (χ4v) is 1.53. The summed E-state index contributed by atoms with van der Waals surface area (Å²) in [4.78, 5) is 22.8. The summed E-state index contributed by atoms with van der Waals surface area (Å²) in [6, 6.07) is 4.93. The van der Waals surface area contributed by atoms with Gasteiger partial charge in [-0.25, -0.2) is 0 Å². The summed E-state index contributed by atoms with van der Waals surface area (Å²) in [6.07, 6.45) is 1.17. The van der Waals surface area contributed by atoms with E-state index in [0.29, 0.717) is 30.2 Å². The number of carbonyl (C=O) groups is 2. The van der Waals surface area contributed by atoms with Crippen LogP contribution < -0.4 is 15.4 Å². The molecule has 5 nitrogen and oxygen atoms in total. The molecule has 1 heterocycles. The minimum atomic E-state index is -0.320. The normalized spacial score (nSPS) is 13.8. The number of anilines is 1. The van der Waals surface area contributed by atoms with Crippen LogP contribution in [0.2, 0.25) is 0 Å². The number of amides is 2. The van der Waals surface area contributed by atoms with Gasteiger partial charge in [-0.05, 0) is 24.3 Å². The second kappa shape index (κ2) is 4.69. The average Bonchev–Trinajstić information content (AvgIpc) is 2.52. The van der Waals surface area contributed by atoms with Gasteiger partial charge in [-0.1, -0.05) is 6.58 Å². The molecule has 0 unspecified atom stereocenters. The van der Waals surface area contributed by atoms with Gasteiger partial charge in [0.2, 0.25) is 5.91 Å². The molecular formula is C12H12N2O3. The predicted molar refractivity (Wildman–Crippen MR) is 63.1 cm³/mol. The average molecular weight is 232 g/mol. The van der Waals surface area contributed by atoms with Crippen LogP contribution in [0.25, 0.3) is 0 Å². The maximum absolute atomic E-state index is 11.7. The third kappa shape index (κ3) is 2.44. The number of hydrogen-bond acceptors (Lipinski definition) is 3. The summed E-state index contributed by atoms with van der Waals surface area (Å²) in [5.41, 5.74) is 0.957. The van der Waals surface area contributed by atoms with Crippen LogP contribution >= 0.6 is 0 Å². The smallest absolute Gasteiger partial charge is 0.255 e. The van der Waals surface area contributed by atoms with Crippen molar-refractivity contribution in [2.24, 2.45) is 0 Å². The van der Waals surface area contributed by atoms with Gasteiger partial charge in [-0.3, -0.25) is 9.59 Å². The molecule has 1 aromatic rings. The van der Waals surface area contributed by atoms with E-state index in [1.807, 2.05) is 0 Å². The van der Waals surface area contributed by atoms with Gasteiger partial charge in [-0.15, -0.1) is 0 Å². The summed E-state index contributed by atoms with van der Waals surface area (Å²) >= 11 is 0. The van der Waals surface area contributed by atoms with Crippen molar-refractivity contribution in [1.82, 2.24) is 5.32 Å². The van der Waals surface area contributed by atoms with Crippen LogP contribution in [0.15, 0.2) is 30.9 Å². The van der Waals surface area contributed by atoms with E-state index in [1.165, 1.54) is 6.08 Å². The van der Waals surface area contributed by atoms with E-state index in [4.69, 9.17) is 4.74 Å². The zero-order chi connectivity index (χ0) is 12.3. The molecule has 2 rings (SSSR count). The Balaban J connectivity index is 2.31. The fraction of sp³-hybridized carbons (Fsp3) is 0.167. The maximum Gasteiger partial charge on any atom is 0.255 e. The molecule has 5 heteroatoms. The molecule has 1 aliphatic heterocycles. The highest BCUT2D eigenvalue weighted by Crippen LogP contribution is 2.24. The van der Waals surface area contributed by atoms with E-state index in [2.05, 4.69) is 17.2 Å². The van der Waals surface area contributed by atoms with Crippen molar-refractivity contribution in [1.29, 1.82) is 0 Å². The monoisotopic (exact) mass is 232 g/mol. The van der Waals surface area contributed by atoms with E-state index in [0.717, 1.165) is 0 Å². The molecule has 0 saturated heterocycles. The Kier molecular flexibility index (Phi) is 3.09. The molecule has 0 spiro atoms. The molecule has 0 bridgehead atoms. The van der Waals surface area contributed by atoms with E-state index in [-0.39, 0.29) is 11.8 Å². The van der Waals surface area contributed by atoms with Crippen LogP contribution in [0.4, 0.5) is 5.69 Å². The summed E-state index contributed by atoms with van der Waals surface area (Å²) in [6.45, 7) is 4.27. The second-order valence-electron chi connectivity index (χ2n) is 3.51. The SMILES string of the molecule is C=CC(=O)Nc1ccc2c(c1)C(=O)NCCO2. The summed E-state index contributed by atoms with van der Waals surface area (Å²) in [5, 5.41) is 5.29. The minimum absolute atomic E-state index is 0.202. The number of rotatable bonds is 2. The van der Waals surface area contributed by atoms with E-state index < -0.39 is 0 Å². The van der Waals surface area contributed by atoms with Crippen molar-refractivity contribution >= 4 is 17.5 Å². The van der Waals surface area contributed by atoms with E-state index in [9.17, 15) is 9.59 Å². The summed E-state index contributed by atoms with van der Waals surface area (Å²) < 4.78 is 5.39. The fourth-order valence-electron chi connectivity index (χ4n) is 1.53. The van der Waals surface area contributed by atoms with E-state index >= 15 is 0 Å². The Morgan fingerprint density at radius 2 is 2.35 bits per heavy atom. The molecule has 0 atom stereocenters. The van der Waals surface area contributed by atoms with Gasteiger partial charge in [-0.2, -0.15) is 0 Å². The molecule has 88 valence electrons. The van der Waals surface area contributed by atoms with Gasteiger partial charge >= 0.3 is 0 Å². The standard InChI is InChI=1S/C12H12N2O3/c1-2-11(15)14-8-3-4-10-9(7-8)12(16)13-5-6-17-10/h2-4,7H,1,5-6H2,(H,13,16)(H,14,15). The van der Waals surface area contributed by atoms with Crippen LogP contribution in [0, 0.1) is 0 Å². The van der Waals surface area contributed by atoms with Crippen LogP contribution in [0.3, 0.4) is 0 Å². The van der Waals surface area contributed by atoms with Crippen molar-refractivity contribution in [3.05, 3.63) is 36.4 Å². The molecule has 0 radical (unpaired) electrons. The van der Waals surface area contributed by atoms with Gasteiger partial charge in [0.1, 0.15) is 12.4 Å². The van der Waals surface area contributed by atoms with Crippen molar-refractivity contribution in [2.75, 3.05) is 18.5 Å². The Hall–Kier alpha value is -2.30. The third-order valence-electron chi connectivity index (χ3n) is 2.32. The number of carbonyl (C=O) groups excluding carboxylic acids is 2. The first kappa shape index (κ1) is 11.2. The van der Waals surface area contributed by atoms with Crippen molar-refractivity contribution in [3.63, 3.8) is 0 Å². The number of fused-ring (bicyclic) bond motifs is 1. The van der Waals surface area contributed by atoms with Crippen LogP contribution in [-0.4, -0.2) is 25.0 Å². The first-order valence-corrected chi connectivity index (χ1v) is 5.19. The molecule has 1 aliphatic rings. The highest BCUT2D eigenvalue weighted by atomic mass is 16.5. The highest BCUT2D eigenvalue weighted by molar-refractivity contribution is 6.02. The lowest BCUT2D eigenvalue weighted by atomic mass is 10.1. The van der Waals surface area contributed by atoms with Crippen LogP contribution in [0.1, 0.15) is 10.4 Å². The molecule has 0 saturated carbocycles. The third-order valence-corrected chi connectivity index (χ3v) is 2.32.